The molecule has 0 aliphatic heterocycles. The first-order chi connectivity index (χ1) is 8.56. The summed E-state index contributed by atoms with van der Waals surface area (Å²) in [4.78, 5) is 13.7. The van der Waals surface area contributed by atoms with Crippen LogP contribution in [0.25, 0.3) is 0 Å². The molecule has 0 aromatic heterocycles. The van der Waals surface area contributed by atoms with Crippen molar-refractivity contribution in [1.29, 1.82) is 0 Å². The summed E-state index contributed by atoms with van der Waals surface area (Å²) in [5, 5.41) is 2.99. The maximum Gasteiger partial charge on any atom is 0.239 e. The van der Waals surface area contributed by atoms with Crippen LogP contribution in [0.3, 0.4) is 0 Å². The van der Waals surface area contributed by atoms with Crippen LogP contribution in [0.2, 0.25) is 0 Å². The molecule has 1 unspecified atom stereocenters. The van der Waals surface area contributed by atoms with E-state index in [2.05, 4.69) is 5.32 Å². The van der Waals surface area contributed by atoms with Crippen LogP contribution in [0, 0.1) is 0 Å². The summed E-state index contributed by atoms with van der Waals surface area (Å²) in [6.07, 6.45) is 0. The highest BCUT2D eigenvalue weighted by Crippen LogP contribution is 2.15. The van der Waals surface area contributed by atoms with E-state index in [4.69, 9.17) is 0 Å². The fourth-order valence-corrected chi connectivity index (χ4v) is 2.61. The number of carbonyl (C=O) groups is 1. The van der Waals surface area contributed by atoms with Crippen LogP contribution >= 0.6 is 0 Å². The van der Waals surface area contributed by atoms with E-state index in [0.717, 1.165) is 0 Å². The minimum absolute atomic E-state index is 0.0122. The zero-order chi connectivity index (χ0) is 15.3. The third-order valence-corrected chi connectivity index (χ3v) is 5.81. The fraction of sp³-hybridized carbons (Fsp3) is 0.923. The van der Waals surface area contributed by atoms with Gasteiger partial charge in [-0.1, -0.05) is 0 Å². The summed E-state index contributed by atoms with van der Waals surface area (Å²) in [6, 6.07) is -0.352. The minimum atomic E-state index is -3.14. The van der Waals surface area contributed by atoms with Gasteiger partial charge in [-0.2, -0.15) is 0 Å². The SMILES string of the molecule is CCN(CC)C(=O)C(C)NCCS(=O)(=O)C(C)(C)C. The van der Waals surface area contributed by atoms with Crippen molar-refractivity contribution in [2.75, 3.05) is 25.4 Å². The number of hydrogen-bond donors (Lipinski definition) is 1. The Morgan fingerprint density at radius 1 is 1.21 bits per heavy atom. The second-order valence-electron chi connectivity index (χ2n) is 5.62. The van der Waals surface area contributed by atoms with Gasteiger partial charge in [0.1, 0.15) is 0 Å². The Morgan fingerprint density at radius 2 is 1.68 bits per heavy atom. The van der Waals surface area contributed by atoms with Gasteiger partial charge in [-0.15, -0.1) is 0 Å². The summed E-state index contributed by atoms with van der Waals surface area (Å²) < 4.78 is 23.1. The molecule has 0 aliphatic rings. The first-order valence-corrected chi connectivity index (χ1v) is 8.46. The maximum absolute atomic E-state index is 12.0. The van der Waals surface area contributed by atoms with Gasteiger partial charge in [0, 0.05) is 19.6 Å². The van der Waals surface area contributed by atoms with E-state index in [1.165, 1.54) is 0 Å². The van der Waals surface area contributed by atoms with Crippen LogP contribution in [0.4, 0.5) is 0 Å². The molecule has 0 aromatic rings. The zero-order valence-electron chi connectivity index (χ0n) is 13.0. The first kappa shape index (κ1) is 18.4. The molecule has 5 nitrogen and oxygen atoms in total. The van der Waals surface area contributed by atoms with E-state index in [1.54, 1.807) is 32.6 Å². The van der Waals surface area contributed by atoms with Gasteiger partial charge in [0.25, 0.3) is 0 Å². The molecule has 0 saturated carbocycles. The van der Waals surface area contributed by atoms with Crippen molar-refractivity contribution in [3.05, 3.63) is 0 Å². The van der Waals surface area contributed by atoms with E-state index in [-0.39, 0.29) is 17.7 Å². The van der Waals surface area contributed by atoms with Crippen molar-refractivity contribution in [2.24, 2.45) is 0 Å². The van der Waals surface area contributed by atoms with Gasteiger partial charge in [0.15, 0.2) is 9.84 Å². The molecule has 0 heterocycles. The lowest BCUT2D eigenvalue weighted by Gasteiger charge is -2.24. The molecule has 1 N–H and O–H groups in total. The molecule has 1 amide bonds. The van der Waals surface area contributed by atoms with Crippen molar-refractivity contribution in [1.82, 2.24) is 10.2 Å². The lowest BCUT2D eigenvalue weighted by atomic mass is 10.3. The molecule has 114 valence electrons. The molecule has 0 rings (SSSR count). The Hall–Kier alpha value is -0.620. The van der Waals surface area contributed by atoms with Gasteiger partial charge < -0.3 is 10.2 Å². The number of amides is 1. The summed E-state index contributed by atoms with van der Waals surface area (Å²) >= 11 is 0. The maximum atomic E-state index is 12.0. The zero-order valence-corrected chi connectivity index (χ0v) is 13.8. The number of nitrogens with zero attached hydrogens (tertiary/aromatic N) is 1. The molecule has 0 aliphatic carbocycles. The van der Waals surface area contributed by atoms with Gasteiger partial charge in [0.2, 0.25) is 5.91 Å². The summed E-state index contributed by atoms with van der Waals surface area (Å²) in [5.74, 6) is 0.0602. The highest BCUT2D eigenvalue weighted by Gasteiger charge is 2.28. The summed E-state index contributed by atoms with van der Waals surface area (Å²) in [6.45, 7) is 12.3. The van der Waals surface area contributed by atoms with Crippen molar-refractivity contribution in [3.63, 3.8) is 0 Å². The lowest BCUT2D eigenvalue weighted by molar-refractivity contribution is -0.132. The van der Waals surface area contributed by atoms with E-state index < -0.39 is 14.6 Å². The Labute approximate surface area is 117 Å². The predicted octanol–water partition coefficient (Wildman–Crippen LogP) is 1.05. The molecule has 19 heavy (non-hydrogen) atoms. The van der Waals surface area contributed by atoms with Crippen LogP contribution < -0.4 is 5.32 Å². The number of likely N-dealkylation sites (N-methyl/N-ethyl adjacent to an activating group) is 1. The molecule has 0 fully saturated rings. The van der Waals surface area contributed by atoms with Gasteiger partial charge in [-0.25, -0.2) is 8.42 Å². The number of nitrogens with one attached hydrogen (secondary N) is 1. The predicted molar refractivity (Wildman–Crippen MR) is 78.9 cm³/mol. The van der Waals surface area contributed by atoms with Gasteiger partial charge in [0.05, 0.1) is 16.5 Å². The average molecular weight is 292 g/mol. The molecule has 0 bridgehead atoms. The van der Waals surface area contributed by atoms with E-state index in [0.29, 0.717) is 19.6 Å². The quantitative estimate of drug-likeness (QED) is 0.761. The summed E-state index contributed by atoms with van der Waals surface area (Å²) in [7, 11) is -3.14. The molecule has 0 radical (unpaired) electrons. The number of rotatable bonds is 7. The molecule has 6 heteroatoms. The standard InChI is InChI=1S/C13H28N2O3S/c1-7-15(8-2)12(16)11(3)14-9-10-19(17,18)13(4,5)6/h11,14H,7-10H2,1-6H3. The van der Waals surface area contributed by atoms with Crippen LogP contribution in [-0.2, 0) is 14.6 Å². The van der Waals surface area contributed by atoms with Crippen LogP contribution in [0.1, 0.15) is 41.5 Å². The Morgan fingerprint density at radius 3 is 2.05 bits per heavy atom. The lowest BCUT2D eigenvalue weighted by Crippen LogP contribution is -2.46. The smallest absolute Gasteiger partial charge is 0.239 e. The first-order valence-electron chi connectivity index (χ1n) is 6.81. The molecule has 1 atom stereocenters. The molecular formula is C13H28N2O3S. The van der Waals surface area contributed by atoms with Crippen molar-refractivity contribution in [3.8, 4) is 0 Å². The van der Waals surface area contributed by atoms with E-state index in [9.17, 15) is 13.2 Å². The topological polar surface area (TPSA) is 66.5 Å². The highest BCUT2D eigenvalue weighted by molar-refractivity contribution is 7.92. The largest absolute Gasteiger partial charge is 0.342 e. The number of carbonyl (C=O) groups excluding carboxylic acids is 1. The highest BCUT2D eigenvalue weighted by atomic mass is 32.2. The summed E-state index contributed by atoms with van der Waals surface area (Å²) in [5.41, 5.74) is 0. The minimum Gasteiger partial charge on any atom is -0.342 e. The second kappa shape index (κ2) is 7.24. The molecule has 0 saturated heterocycles. The van der Waals surface area contributed by atoms with Crippen molar-refractivity contribution >= 4 is 15.7 Å². The number of sulfone groups is 1. The van der Waals surface area contributed by atoms with E-state index in [1.807, 2.05) is 13.8 Å². The Kier molecular flexibility index (Phi) is 7.00. The second-order valence-corrected chi connectivity index (χ2v) is 8.48. The van der Waals surface area contributed by atoms with Gasteiger partial charge >= 0.3 is 0 Å². The monoisotopic (exact) mass is 292 g/mol. The third-order valence-electron chi connectivity index (χ3n) is 3.20. The fourth-order valence-electron chi connectivity index (χ4n) is 1.61. The Balaban J connectivity index is 4.33. The van der Waals surface area contributed by atoms with Crippen LogP contribution in [0.15, 0.2) is 0 Å². The van der Waals surface area contributed by atoms with E-state index >= 15 is 0 Å². The average Bonchev–Trinajstić information content (AvgIpc) is 2.28. The molecular weight excluding hydrogens is 264 g/mol. The van der Waals surface area contributed by atoms with Gasteiger partial charge in [-0.3, -0.25) is 4.79 Å². The normalized spacial score (nSPS) is 14.2. The third kappa shape index (κ3) is 5.48. The Bertz CT molecular complexity index is 381. The molecule has 0 aromatic carbocycles. The van der Waals surface area contributed by atoms with Crippen LogP contribution in [0.5, 0.6) is 0 Å². The van der Waals surface area contributed by atoms with Crippen molar-refractivity contribution in [2.45, 2.75) is 52.3 Å². The molecule has 0 spiro atoms. The van der Waals surface area contributed by atoms with Crippen LogP contribution in [-0.4, -0.2) is 55.4 Å². The number of hydrogen-bond acceptors (Lipinski definition) is 4. The van der Waals surface area contributed by atoms with Gasteiger partial charge in [-0.05, 0) is 41.5 Å². The van der Waals surface area contributed by atoms with Crippen molar-refractivity contribution < 1.29 is 13.2 Å².